The maximum Gasteiger partial charge on any atom is 0.119 e. The van der Waals surface area contributed by atoms with Crippen molar-refractivity contribution >= 4 is 11.8 Å². The largest absolute Gasteiger partial charge is 0.492 e. The predicted octanol–water partition coefficient (Wildman–Crippen LogP) is 1.96. The number of nitrogens with zero attached hydrogens (tertiary/aromatic N) is 1. The van der Waals surface area contributed by atoms with Crippen LogP contribution in [0.2, 0.25) is 0 Å². The molecule has 1 fully saturated rings. The summed E-state index contributed by atoms with van der Waals surface area (Å²) in [6.45, 7) is 5.84. The van der Waals surface area contributed by atoms with Crippen molar-refractivity contribution in [1.29, 1.82) is 0 Å². The van der Waals surface area contributed by atoms with Gasteiger partial charge in [0.1, 0.15) is 12.4 Å². The Balaban J connectivity index is 1.73. The highest BCUT2D eigenvalue weighted by molar-refractivity contribution is 7.99. The van der Waals surface area contributed by atoms with Gasteiger partial charge in [-0.2, -0.15) is 11.8 Å². The molecular weight excluding hydrogens is 244 g/mol. The van der Waals surface area contributed by atoms with Crippen LogP contribution >= 0.6 is 11.8 Å². The molecule has 1 aliphatic heterocycles. The van der Waals surface area contributed by atoms with E-state index in [0.717, 1.165) is 24.5 Å². The smallest absolute Gasteiger partial charge is 0.119 e. The Hall–Kier alpha value is -0.710. The lowest BCUT2D eigenvalue weighted by Gasteiger charge is -2.32. The summed E-state index contributed by atoms with van der Waals surface area (Å²) in [6.07, 6.45) is 0. The van der Waals surface area contributed by atoms with Crippen LogP contribution in [0.25, 0.3) is 0 Å². The molecule has 1 atom stereocenters. The van der Waals surface area contributed by atoms with E-state index in [4.69, 9.17) is 10.5 Å². The minimum absolute atomic E-state index is 0.587. The second kappa shape index (κ2) is 7.02. The summed E-state index contributed by atoms with van der Waals surface area (Å²) in [6, 6.07) is 8.72. The summed E-state index contributed by atoms with van der Waals surface area (Å²) >= 11 is 2.05. The van der Waals surface area contributed by atoms with E-state index in [1.54, 1.807) is 0 Å². The zero-order chi connectivity index (χ0) is 12.8. The van der Waals surface area contributed by atoms with Gasteiger partial charge in [-0.25, -0.2) is 0 Å². The first kappa shape index (κ1) is 13.7. The van der Waals surface area contributed by atoms with E-state index in [-0.39, 0.29) is 0 Å². The predicted molar refractivity (Wildman–Crippen MR) is 78.2 cm³/mol. The van der Waals surface area contributed by atoms with Crippen molar-refractivity contribution in [3.63, 3.8) is 0 Å². The molecule has 1 saturated heterocycles. The number of ether oxygens (including phenoxy) is 1. The molecule has 2 rings (SSSR count). The van der Waals surface area contributed by atoms with E-state index < -0.39 is 0 Å². The van der Waals surface area contributed by atoms with Crippen LogP contribution in [-0.2, 0) is 6.54 Å². The van der Waals surface area contributed by atoms with Crippen molar-refractivity contribution in [1.82, 2.24) is 4.90 Å². The molecule has 0 bridgehead atoms. The highest BCUT2D eigenvalue weighted by atomic mass is 32.2. The highest BCUT2D eigenvalue weighted by Gasteiger charge is 2.17. The normalized spacial score (nSPS) is 20.9. The van der Waals surface area contributed by atoms with Crippen molar-refractivity contribution < 1.29 is 4.74 Å². The van der Waals surface area contributed by atoms with E-state index in [2.05, 4.69) is 11.8 Å². The Kier molecular flexibility index (Phi) is 5.35. The van der Waals surface area contributed by atoms with Crippen LogP contribution in [0.5, 0.6) is 5.75 Å². The average Bonchev–Trinajstić information content (AvgIpc) is 2.42. The Morgan fingerprint density at radius 1 is 1.39 bits per heavy atom. The topological polar surface area (TPSA) is 38.5 Å². The summed E-state index contributed by atoms with van der Waals surface area (Å²) in [5.74, 6) is 3.42. The van der Waals surface area contributed by atoms with Gasteiger partial charge in [0.25, 0.3) is 0 Å². The number of thioether (sulfide) groups is 1. The van der Waals surface area contributed by atoms with Gasteiger partial charge in [-0.05, 0) is 24.6 Å². The van der Waals surface area contributed by atoms with Crippen molar-refractivity contribution in [2.75, 3.05) is 31.2 Å². The molecule has 3 nitrogen and oxygen atoms in total. The molecule has 1 heterocycles. The van der Waals surface area contributed by atoms with E-state index >= 15 is 0 Å². The SMILES string of the molecule is CC1CSCCN1CCOc1ccc(CN)cc1. The zero-order valence-electron chi connectivity index (χ0n) is 11.0. The molecule has 0 amide bonds. The van der Waals surface area contributed by atoms with Crippen LogP contribution in [0.1, 0.15) is 12.5 Å². The first-order chi connectivity index (χ1) is 8.79. The Morgan fingerprint density at radius 2 is 2.17 bits per heavy atom. The minimum atomic E-state index is 0.587. The van der Waals surface area contributed by atoms with Gasteiger partial charge in [-0.3, -0.25) is 4.90 Å². The Bertz CT molecular complexity index is 355. The molecule has 0 radical (unpaired) electrons. The zero-order valence-corrected chi connectivity index (χ0v) is 11.8. The van der Waals surface area contributed by atoms with Crippen molar-refractivity contribution in [2.24, 2.45) is 5.73 Å². The van der Waals surface area contributed by atoms with Gasteiger partial charge in [0, 0.05) is 37.2 Å². The quantitative estimate of drug-likeness (QED) is 0.884. The molecule has 1 aromatic carbocycles. The Morgan fingerprint density at radius 3 is 2.83 bits per heavy atom. The van der Waals surface area contributed by atoms with Crippen LogP contribution in [-0.4, -0.2) is 42.1 Å². The van der Waals surface area contributed by atoms with Gasteiger partial charge in [-0.15, -0.1) is 0 Å². The summed E-state index contributed by atoms with van der Waals surface area (Å²) in [5, 5.41) is 0. The second-order valence-electron chi connectivity index (χ2n) is 4.66. The van der Waals surface area contributed by atoms with Gasteiger partial charge in [0.15, 0.2) is 0 Å². The van der Waals surface area contributed by atoms with Gasteiger partial charge >= 0.3 is 0 Å². The first-order valence-electron chi connectivity index (χ1n) is 6.53. The van der Waals surface area contributed by atoms with Gasteiger partial charge in [0.2, 0.25) is 0 Å². The Labute approximate surface area is 114 Å². The van der Waals surface area contributed by atoms with E-state index in [1.807, 2.05) is 36.0 Å². The molecule has 4 heteroatoms. The van der Waals surface area contributed by atoms with Gasteiger partial charge in [0.05, 0.1) is 0 Å². The molecule has 0 saturated carbocycles. The first-order valence-corrected chi connectivity index (χ1v) is 7.68. The summed E-state index contributed by atoms with van der Waals surface area (Å²) in [4.78, 5) is 2.50. The fourth-order valence-corrected chi connectivity index (χ4v) is 3.18. The minimum Gasteiger partial charge on any atom is -0.492 e. The van der Waals surface area contributed by atoms with Crippen molar-refractivity contribution in [2.45, 2.75) is 19.5 Å². The number of benzene rings is 1. The van der Waals surface area contributed by atoms with Crippen LogP contribution in [0.3, 0.4) is 0 Å². The van der Waals surface area contributed by atoms with Gasteiger partial charge in [-0.1, -0.05) is 12.1 Å². The number of nitrogens with two attached hydrogens (primary N) is 1. The van der Waals surface area contributed by atoms with Crippen LogP contribution in [0.4, 0.5) is 0 Å². The van der Waals surface area contributed by atoms with Crippen LogP contribution < -0.4 is 10.5 Å². The lowest BCUT2D eigenvalue weighted by atomic mass is 10.2. The van der Waals surface area contributed by atoms with Gasteiger partial charge < -0.3 is 10.5 Å². The van der Waals surface area contributed by atoms with Crippen molar-refractivity contribution in [3.05, 3.63) is 29.8 Å². The molecule has 0 aliphatic carbocycles. The maximum atomic E-state index is 5.77. The molecule has 1 aliphatic rings. The molecule has 2 N–H and O–H groups in total. The fourth-order valence-electron chi connectivity index (χ4n) is 2.10. The number of hydrogen-bond acceptors (Lipinski definition) is 4. The summed E-state index contributed by atoms with van der Waals surface area (Å²) < 4.78 is 5.77. The highest BCUT2D eigenvalue weighted by Crippen LogP contribution is 2.16. The number of hydrogen-bond donors (Lipinski definition) is 1. The monoisotopic (exact) mass is 266 g/mol. The van der Waals surface area contributed by atoms with Crippen molar-refractivity contribution in [3.8, 4) is 5.75 Å². The molecule has 18 heavy (non-hydrogen) atoms. The van der Waals surface area contributed by atoms with E-state index in [9.17, 15) is 0 Å². The molecule has 0 spiro atoms. The summed E-state index contributed by atoms with van der Waals surface area (Å²) in [5.41, 5.74) is 6.71. The summed E-state index contributed by atoms with van der Waals surface area (Å²) in [7, 11) is 0. The average molecular weight is 266 g/mol. The fraction of sp³-hybridized carbons (Fsp3) is 0.571. The van der Waals surface area contributed by atoms with Crippen LogP contribution in [0, 0.1) is 0 Å². The van der Waals surface area contributed by atoms with Crippen LogP contribution in [0.15, 0.2) is 24.3 Å². The standard InChI is InChI=1S/C14H22N2OS/c1-12-11-18-9-7-16(12)6-8-17-14-4-2-13(10-15)3-5-14/h2-5,12H,6-11,15H2,1H3. The van der Waals surface area contributed by atoms with E-state index in [0.29, 0.717) is 12.6 Å². The second-order valence-corrected chi connectivity index (χ2v) is 5.81. The third kappa shape index (κ3) is 3.90. The molecule has 0 aromatic heterocycles. The third-order valence-corrected chi connectivity index (χ3v) is 4.50. The molecular formula is C14H22N2OS. The molecule has 1 aromatic rings. The lowest BCUT2D eigenvalue weighted by molar-refractivity contribution is 0.183. The maximum absolute atomic E-state index is 5.77. The molecule has 1 unspecified atom stereocenters. The number of rotatable bonds is 5. The third-order valence-electron chi connectivity index (χ3n) is 3.31. The lowest BCUT2D eigenvalue weighted by Crippen LogP contribution is -2.42. The molecule has 100 valence electrons. The van der Waals surface area contributed by atoms with E-state index in [1.165, 1.54) is 18.1 Å².